The standard InChI is InChI=1S/C21H24N2O3/c22-19-8-4-7-18(14-19)21(25)26-15-20(24)23-11-9-17(10-12-23)13-16-5-2-1-3-6-16/h1-8,14,17H,9-13,15,22H2. The summed E-state index contributed by atoms with van der Waals surface area (Å²) >= 11 is 0. The highest BCUT2D eigenvalue weighted by Gasteiger charge is 2.23. The minimum absolute atomic E-state index is 0.139. The number of carbonyl (C=O) groups is 2. The van der Waals surface area contributed by atoms with Gasteiger partial charge in [-0.1, -0.05) is 36.4 Å². The number of rotatable bonds is 5. The van der Waals surface area contributed by atoms with Crippen LogP contribution in [0.15, 0.2) is 54.6 Å². The Morgan fingerprint density at radius 1 is 1.04 bits per heavy atom. The van der Waals surface area contributed by atoms with E-state index in [1.807, 2.05) is 6.07 Å². The Morgan fingerprint density at radius 3 is 2.46 bits per heavy atom. The van der Waals surface area contributed by atoms with Crippen molar-refractivity contribution in [2.24, 2.45) is 5.92 Å². The fourth-order valence-electron chi connectivity index (χ4n) is 3.30. The monoisotopic (exact) mass is 352 g/mol. The van der Waals surface area contributed by atoms with Gasteiger partial charge in [0.2, 0.25) is 0 Å². The lowest BCUT2D eigenvalue weighted by atomic mass is 9.90. The maximum absolute atomic E-state index is 12.3. The zero-order chi connectivity index (χ0) is 18.4. The first kappa shape index (κ1) is 18.0. The summed E-state index contributed by atoms with van der Waals surface area (Å²) < 4.78 is 5.13. The van der Waals surface area contributed by atoms with Crippen molar-refractivity contribution in [2.45, 2.75) is 19.3 Å². The number of piperidine rings is 1. The van der Waals surface area contributed by atoms with Crippen LogP contribution in [0.3, 0.4) is 0 Å². The van der Waals surface area contributed by atoms with Crippen molar-refractivity contribution >= 4 is 17.6 Å². The van der Waals surface area contributed by atoms with Crippen LogP contribution in [-0.4, -0.2) is 36.5 Å². The number of ether oxygens (including phenoxy) is 1. The molecular weight excluding hydrogens is 328 g/mol. The highest BCUT2D eigenvalue weighted by atomic mass is 16.5. The smallest absolute Gasteiger partial charge is 0.338 e. The summed E-state index contributed by atoms with van der Waals surface area (Å²) in [5, 5.41) is 0. The molecule has 0 saturated carbocycles. The molecule has 1 fully saturated rings. The molecule has 2 aromatic carbocycles. The van der Waals surface area contributed by atoms with Gasteiger partial charge in [0.15, 0.2) is 6.61 Å². The number of nitrogens with two attached hydrogens (primary N) is 1. The van der Waals surface area contributed by atoms with Gasteiger partial charge in [-0.2, -0.15) is 0 Å². The van der Waals surface area contributed by atoms with Gasteiger partial charge < -0.3 is 15.4 Å². The second kappa shape index (κ2) is 8.52. The van der Waals surface area contributed by atoms with Crippen molar-refractivity contribution in [1.29, 1.82) is 0 Å². The molecule has 2 N–H and O–H groups in total. The van der Waals surface area contributed by atoms with Crippen LogP contribution in [0.2, 0.25) is 0 Å². The minimum Gasteiger partial charge on any atom is -0.452 e. The van der Waals surface area contributed by atoms with Crippen LogP contribution in [0.5, 0.6) is 0 Å². The quantitative estimate of drug-likeness (QED) is 0.663. The highest BCUT2D eigenvalue weighted by Crippen LogP contribution is 2.21. The van der Waals surface area contributed by atoms with E-state index in [2.05, 4.69) is 24.3 Å². The zero-order valence-electron chi connectivity index (χ0n) is 14.8. The van der Waals surface area contributed by atoms with E-state index in [0.29, 0.717) is 30.3 Å². The van der Waals surface area contributed by atoms with E-state index in [1.54, 1.807) is 29.2 Å². The summed E-state index contributed by atoms with van der Waals surface area (Å²) in [5.41, 5.74) is 7.85. The fraction of sp³-hybridized carbons (Fsp3) is 0.333. The van der Waals surface area contributed by atoms with E-state index in [0.717, 1.165) is 19.3 Å². The SMILES string of the molecule is Nc1cccc(C(=O)OCC(=O)N2CCC(Cc3ccccc3)CC2)c1. The van der Waals surface area contributed by atoms with E-state index >= 15 is 0 Å². The van der Waals surface area contributed by atoms with Gasteiger partial charge in [0.1, 0.15) is 0 Å². The highest BCUT2D eigenvalue weighted by molar-refractivity contribution is 5.92. The van der Waals surface area contributed by atoms with Gasteiger partial charge in [-0.05, 0) is 48.9 Å². The number of nitrogen functional groups attached to an aromatic ring is 1. The molecule has 3 rings (SSSR count). The van der Waals surface area contributed by atoms with Crippen LogP contribution >= 0.6 is 0 Å². The normalized spacial score (nSPS) is 14.8. The zero-order valence-corrected chi connectivity index (χ0v) is 14.8. The second-order valence-corrected chi connectivity index (χ2v) is 6.72. The maximum atomic E-state index is 12.3. The van der Waals surface area contributed by atoms with Crippen molar-refractivity contribution in [1.82, 2.24) is 4.90 Å². The van der Waals surface area contributed by atoms with E-state index in [1.165, 1.54) is 5.56 Å². The lowest BCUT2D eigenvalue weighted by Gasteiger charge is -2.32. The van der Waals surface area contributed by atoms with E-state index in [4.69, 9.17) is 10.5 Å². The van der Waals surface area contributed by atoms with Crippen LogP contribution in [0, 0.1) is 5.92 Å². The van der Waals surface area contributed by atoms with Crippen LogP contribution in [0.25, 0.3) is 0 Å². The predicted octanol–water partition coefficient (Wildman–Crippen LogP) is 2.91. The number of likely N-dealkylation sites (tertiary alicyclic amines) is 1. The Hall–Kier alpha value is -2.82. The molecule has 5 heteroatoms. The molecule has 1 heterocycles. The molecule has 1 saturated heterocycles. The number of hydrogen-bond acceptors (Lipinski definition) is 4. The van der Waals surface area contributed by atoms with Crippen molar-refractivity contribution in [3.05, 3.63) is 65.7 Å². The Bertz CT molecular complexity index is 753. The molecule has 1 aliphatic rings. The fourth-order valence-corrected chi connectivity index (χ4v) is 3.30. The van der Waals surface area contributed by atoms with Crippen LogP contribution in [-0.2, 0) is 16.0 Å². The van der Waals surface area contributed by atoms with E-state index in [-0.39, 0.29) is 12.5 Å². The number of carbonyl (C=O) groups excluding carboxylic acids is 2. The number of benzene rings is 2. The molecule has 136 valence electrons. The number of nitrogens with zero attached hydrogens (tertiary/aromatic N) is 1. The average molecular weight is 352 g/mol. The van der Waals surface area contributed by atoms with Crippen molar-refractivity contribution in [3.63, 3.8) is 0 Å². The van der Waals surface area contributed by atoms with E-state index < -0.39 is 5.97 Å². The molecule has 2 aromatic rings. The number of esters is 1. The summed E-state index contributed by atoms with van der Waals surface area (Å²) in [7, 11) is 0. The average Bonchev–Trinajstić information content (AvgIpc) is 2.67. The van der Waals surface area contributed by atoms with Gasteiger partial charge in [-0.15, -0.1) is 0 Å². The summed E-state index contributed by atoms with van der Waals surface area (Å²) in [6.45, 7) is 1.20. The molecule has 0 spiro atoms. The Kier molecular flexibility index (Phi) is 5.89. The van der Waals surface area contributed by atoms with Crippen molar-refractivity contribution < 1.29 is 14.3 Å². The van der Waals surface area contributed by atoms with Gasteiger partial charge in [0.05, 0.1) is 5.56 Å². The predicted molar refractivity (Wildman–Crippen MR) is 101 cm³/mol. The maximum Gasteiger partial charge on any atom is 0.338 e. The lowest BCUT2D eigenvalue weighted by Crippen LogP contribution is -2.41. The third-order valence-corrected chi connectivity index (χ3v) is 4.78. The summed E-state index contributed by atoms with van der Waals surface area (Å²) in [4.78, 5) is 26.1. The summed E-state index contributed by atoms with van der Waals surface area (Å²) in [5.74, 6) is -0.0682. The molecule has 1 aliphatic heterocycles. The van der Waals surface area contributed by atoms with Gasteiger partial charge in [0, 0.05) is 18.8 Å². The van der Waals surface area contributed by atoms with Gasteiger partial charge in [-0.25, -0.2) is 4.79 Å². The molecule has 0 bridgehead atoms. The van der Waals surface area contributed by atoms with Gasteiger partial charge in [-0.3, -0.25) is 4.79 Å². The number of anilines is 1. The summed E-state index contributed by atoms with van der Waals surface area (Å²) in [6.07, 6.45) is 3.00. The topological polar surface area (TPSA) is 72.6 Å². The van der Waals surface area contributed by atoms with Crippen molar-refractivity contribution in [3.8, 4) is 0 Å². The van der Waals surface area contributed by atoms with Crippen LogP contribution in [0.4, 0.5) is 5.69 Å². The number of hydrogen-bond donors (Lipinski definition) is 1. The first-order valence-electron chi connectivity index (χ1n) is 8.96. The molecule has 0 unspecified atom stereocenters. The number of amides is 1. The Morgan fingerprint density at radius 2 is 1.77 bits per heavy atom. The van der Waals surface area contributed by atoms with E-state index in [9.17, 15) is 9.59 Å². The molecule has 5 nitrogen and oxygen atoms in total. The third kappa shape index (κ3) is 4.85. The minimum atomic E-state index is -0.524. The van der Waals surface area contributed by atoms with Crippen molar-refractivity contribution in [2.75, 3.05) is 25.4 Å². The molecule has 0 aromatic heterocycles. The van der Waals surface area contributed by atoms with Gasteiger partial charge >= 0.3 is 5.97 Å². The largest absolute Gasteiger partial charge is 0.452 e. The lowest BCUT2D eigenvalue weighted by molar-refractivity contribution is -0.135. The molecule has 0 atom stereocenters. The summed E-state index contributed by atoms with van der Waals surface area (Å²) in [6, 6.07) is 17.0. The molecule has 0 aliphatic carbocycles. The second-order valence-electron chi connectivity index (χ2n) is 6.72. The molecular formula is C21H24N2O3. The first-order valence-corrected chi connectivity index (χ1v) is 8.96. The van der Waals surface area contributed by atoms with Crippen LogP contribution in [0.1, 0.15) is 28.8 Å². The first-order chi connectivity index (χ1) is 12.6. The molecule has 0 radical (unpaired) electrons. The van der Waals surface area contributed by atoms with Crippen LogP contribution < -0.4 is 5.73 Å². The van der Waals surface area contributed by atoms with Gasteiger partial charge in [0.25, 0.3) is 5.91 Å². The Balaban J connectivity index is 1.43. The molecule has 1 amide bonds. The molecule has 26 heavy (non-hydrogen) atoms. The Labute approximate surface area is 153 Å². The third-order valence-electron chi connectivity index (χ3n) is 4.78.